The molecular weight excluding hydrogens is 1210 g/mol. The smallest absolute Gasteiger partial charge is 0.284 e. The number of β-amino-alcohol motifs (C(OH)–C–C–N with tert-alkyl or cyclic N) is 1. The average Bonchev–Trinajstić information content (AvgIpc) is 1.76. The van der Waals surface area contributed by atoms with Gasteiger partial charge in [0.05, 0.1) is 49.5 Å². The molecule has 12 rings (SSSR count). The number of carbonyl (C=O) groups excluding carboxylic acids is 4. The molecule has 8 aromatic rings. The predicted molar refractivity (Wildman–Crippen MR) is 354 cm³/mol. The largest absolute Gasteiger partial charge is 0.391 e. The number of rotatable bonds is 17. The van der Waals surface area contributed by atoms with Crippen molar-refractivity contribution in [3.63, 3.8) is 0 Å². The number of benzene rings is 3. The molecule has 3 aromatic carbocycles. The highest BCUT2D eigenvalue weighted by Gasteiger charge is 2.45. The molecule has 476 valence electrons. The minimum Gasteiger partial charge on any atom is -0.391 e. The molecule has 21 nitrogen and oxygen atoms in total. The normalized spacial score (nSPS) is 18.2. The number of carbonyl (C=O) groups is 4. The summed E-state index contributed by atoms with van der Waals surface area (Å²) in [5.74, 6) is -0.328. The van der Waals surface area contributed by atoms with Crippen LogP contribution in [-0.4, -0.2) is 121 Å². The van der Waals surface area contributed by atoms with E-state index in [0.717, 1.165) is 86.7 Å². The summed E-state index contributed by atoms with van der Waals surface area (Å²) in [5.41, 5.74) is 9.35. The number of para-hydroxylation sites is 1. The van der Waals surface area contributed by atoms with Gasteiger partial charge in [-0.3, -0.25) is 23.9 Å². The van der Waals surface area contributed by atoms with Gasteiger partial charge in [0.2, 0.25) is 17.7 Å². The van der Waals surface area contributed by atoms with E-state index in [4.69, 9.17) is 20.2 Å². The number of amides is 4. The second kappa shape index (κ2) is 26.2. The molecule has 1 aliphatic carbocycles. The van der Waals surface area contributed by atoms with Crippen molar-refractivity contribution in [3.8, 4) is 21.6 Å². The fourth-order valence-electron chi connectivity index (χ4n) is 13.2. The minimum atomic E-state index is -4.45. The number of aromatic nitrogens is 7. The number of anilines is 5. The monoisotopic (exact) mass is 1290 g/mol. The Morgan fingerprint density at radius 2 is 1.56 bits per heavy atom. The number of likely N-dealkylation sites (tertiary alicyclic amines) is 1. The van der Waals surface area contributed by atoms with Gasteiger partial charge in [-0.05, 0) is 137 Å². The third kappa shape index (κ3) is 13.5. The number of piperidine rings is 1. The summed E-state index contributed by atoms with van der Waals surface area (Å²) in [5, 5.41) is 35.2. The van der Waals surface area contributed by atoms with Crippen molar-refractivity contribution in [3.05, 3.63) is 130 Å². The van der Waals surface area contributed by atoms with E-state index in [1.54, 1.807) is 29.7 Å². The van der Waals surface area contributed by atoms with Crippen molar-refractivity contribution in [2.75, 3.05) is 41.3 Å². The third-order valence-electron chi connectivity index (χ3n) is 18.5. The van der Waals surface area contributed by atoms with E-state index in [2.05, 4.69) is 35.7 Å². The lowest BCUT2D eigenvalue weighted by molar-refractivity contribution is -0.144. The summed E-state index contributed by atoms with van der Waals surface area (Å²) in [7, 11) is -4.45. The highest BCUT2D eigenvalue weighted by molar-refractivity contribution is 7.90. The molecule has 0 unspecified atom stereocenters. The van der Waals surface area contributed by atoms with Gasteiger partial charge in [-0.2, -0.15) is 5.10 Å². The molecule has 24 heteroatoms. The van der Waals surface area contributed by atoms with E-state index in [1.807, 2.05) is 124 Å². The molecule has 5 aromatic heterocycles. The summed E-state index contributed by atoms with van der Waals surface area (Å²) in [6.07, 6.45) is 9.16. The highest BCUT2D eigenvalue weighted by atomic mass is 32.2. The zero-order valence-electron chi connectivity index (χ0n) is 52.4. The van der Waals surface area contributed by atoms with E-state index in [-0.39, 0.29) is 41.4 Å². The number of hydrogen-bond acceptors (Lipinski definition) is 18. The Morgan fingerprint density at radius 3 is 2.27 bits per heavy atom. The van der Waals surface area contributed by atoms with E-state index in [0.29, 0.717) is 72.1 Å². The Balaban J connectivity index is 0.708. The topological polar surface area (TPSA) is 263 Å². The van der Waals surface area contributed by atoms with Gasteiger partial charge >= 0.3 is 0 Å². The Morgan fingerprint density at radius 1 is 0.813 bits per heavy atom. The summed E-state index contributed by atoms with van der Waals surface area (Å²) in [6.45, 7) is 15.6. The molecule has 8 heterocycles. The summed E-state index contributed by atoms with van der Waals surface area (Å²) in [6, 6.07) is 23.5. The number of fused-ring (bicyclic) bond motifs is 2. The van der Waals surface area contributed by atoms with E-state index >= 15 is 0 Å². The first-order valence-electron chi connectivity index (χ1n) is 31.5. The van der Waals surface area contributed by atoms with Gasteiger partial charge in [0, 0.05) is 78.7 Å². The van der Waals surface area contributed by atoms with Crippen molar-refractivity contribution in [2.45, 2.75) is 148 Å². The molecule has 0 bridgehead atoms. The Labute approximate surface area is 538 Å². The summed E-state index contributed by atoms with van der Waals surface area (Å²) < 4.78 is 34.1. The van der Waals surface area contributed by atoms with Crippen LogP contribution in [0.5, 0.6) is 0 Å². The molecular formula is C67H78N14O7S3. The molecule has 4 amide bonds. The molecule has 5 N–H and O–H groups in total. The van der Waals surface area contributed by atoms with Crippen molar-refractivity contribution >= 4 is 94.8 Å². The maximum absolute atomic E-state index is 14.8. The van der Waals surface area contributed by atoms with Gasteiger partial charge in [0.1, 0.15) is 23.6 Å². The van der Waals surface area contributed by atoms with Crippen LogP contribution in [0.2, 0.25) is 0 Å². The van der Waals surface area contributed by atoms with Crippen LogP contribution in [0.25, 0.3) is 31.8 Å². The van der Waals surface area contributed by atoms with Gasteiger partial charge < -0.3 is 35.8 Å². The van der Waals surface area contributed by atoms with Crippen LogP contribution in [0.4, 0.5) is 28.3 Å². The SMILES string of the molecule is Cc1ncsc1-c1ccc([C@H](C)NC(=O)[C@@H]2C[C@@H](O)CN2C(=O)[C@@H](NC(=O)C2CCN(c3ccc(S(=O)(=O)NC(=O)c4nc(N5CCCc6c5nnc(Nc5nc7ccccc7s5)c6C)ccc4-c4cnn(CC5CCCCC5)c4C)cc3)CC2)C(C)(C)C)cc1. The van der Waals surface area contributed by atoms with Crippen LogP contribution in [0.3, 0.4) is 0 Å². The lowest BCUT2D eigenvalue weighted by Gasteiger charge is -2.38. The van der Waals surface area contributed by atoms with Gasteiger partial charge in [0.25, 0.3) is 15.9 Å². The fraction of sp³-hybridized carbons (Fsp3) is 0.433. The van der Waals surface area contributed by atoms with E-state index in [1.165, 1.54) is 47.6 Å². The quantitative estimate of drug-likeness (QED) is 0.0567. The fourth-order valence-corrected chi connectivity index (χ4v) is 15.8. The van der Waals surface area contributed by atoms with E-state index < -0.39 is 51.4 Å². The molecule has 4 aliphatic rings. The number of aliphatic hydroxyl groups is 1. The van der Waals surface area contributed by atoms with Crippen LogP contribution in [0.15, 0.2) is 102 Å². The van der Waals surface area contributed by atoms with Crippen LogP contribution in [0, 0.1) is 38.0 Å². The number of pyridine rings is 1. The van der Waals surface area contributed by atoms with Gasteiger partial charge in [0.15, 0.2) is 16.8 Å². The number of aliphatic hydroxyl groups excluding tert-OH is 1. The molecule has 91 heavy (non-hydrogen) atoms. The Kier molecular flexibility index (Phi) is 18.1. The molecule has 0 radical (unpaired) electrons. The number of aryl methyl sites for hydroxylation is 1. The second-order valence-electron chi connectivity index (χ2n) is 25.8. The first kappa shape index (κ1) is 63.0. The van der Waals surface area contributed by atoms with Crippen molar-refractivity contribution < 1.29 is 32.7 Å². The number of nitrogens with zero attached hydrogens (tertiary/aromatic N) is 10. The first-order chi connectivity index (χ1) is 43.7. The molecule has 3 fully saturated rings. The minimum absolute atomic E-state index is 0.0423. The molecule has 2 saturated heterocycles. The standard InChI is InChI=1S/C67H78N14O7S3/c1-39-50-16-13-31-79(61(50)76-75-60(39)74-66-71-53-17-11-12-18-55(53)90-66)56-28-27-51(52-35-69-81(42(52)4)36-43-14-9-8-10-15-43)57(72-56)64(85)77-91(87,88)49-25-23-47(24-26-49)78-32-29-46(30-33-78)62(83)73-59(67(5,6)7)65(86)80-37-48(82)34-54(80)63(84)70-40(2)44-19-21-45(22-20-44)58-41(3)68-38-89-58/h11-12,17-28,35,38,40,43,46,48,54,59,82H,8-10,13-16,29-34,36-37H2,1-7H3,(H,70,84)(H,73,83)(H,77,85)(H,71,74,75)/t40-,48+,54-,59+/m0/s1. The lowest BCUT2D eigenvalue weighted by Crippen LogP contribution is -2.59. The number of nitrogens with one attached hydrogen (secondary N) is 4. The number of sulfonamides is 1. The van der Waals surface area contributed by atoms with Crippen LogP contribution in [0.1, 0.15) is 130 Å². The predicted octanol–water partition coefficient (Wildman–Crippen LogP) is 10.5. The number of hydrogen-bond donors (Lipinski definition) is 5. The molecule has 1 saturated carbocycles. The van der Waals surface area contributed by atoms with Gasteiger partial charge in [-0.15, -0.1) is 21.5 Å². The number of thiazole rings is 2. The maximum Gasteiger partial charge on any atom is 0.284 e. The molecule has 4 atom stereocenters. The van der Waals surface area contributed by atoms with E-state index in [9.17, 15) is 32.7 Å². The van der Waals surface area contributed by atoms with Gasteiger partial charge in [-0.25, -0.2) is 28.1 Å². The first-order valence-corrected chi connectivity index (χ1v) is 34.7. The van der Waals surface area contributed by atoms with Crippen LogP contribution >= 0.6 is 22.7 Å². The zero-order chi connectivity index (χ0) is 63.9. The molecule has 3 aliphatic heterocycles. The Hall–Kier alpha value is -8.19. The molecule has 0 spiro atoms. The van der Waals surface area contributed by atoms with Crippen molar-refractivity contribution in [1.82, 2.24) is 55.2 Å². The lowest BCUT2D eigenvalue weighted by atomic mass is 9.84. The summed E-state index contributed by atoms with van der Waals surface area (Å²) in [4.78, 5) is 77.8. The third-order valence-corrected chi connectivity index (χ3v) is 21.8. The Bertz CT molecular complexity index is 4100. The average molecular weight is 1290 g/mol. The highest BCUT2D eigenvalue weighted by Crippen LogP contribution is 2.39. The van der Waals surface area contributed by atoms with Crippen molar-refractivity contribution in [1.29, 1.82) is 0 Å². The van der Waals surface area contributed by atoms with Crippen LogP contribution < -0.4 is 30.5 Å². The maximum atomic E-state index is 14.8. The second-order valence-corrected chi connectivity index (χ2v) is 29.3. The zero-order valence-corrected chi connectivity index (χ0v) is 54.9. The van der Waals surface area contributed by atoms with Crippen molar-refractivity contribution in [2.24, 2.45) is 17.3 Å². The van der Waals surface area contributed by atoms with Crippen LogP contribution in [-0.2, 0) is 37.4 Å². The van der Waals surface area contributed by atoms with Gasteiger partial charge in [-0.1, -0.05) is 87.8 Å². The summed E-state index contributed by atoms with van der Waals surface area (Å²) >= 11 is 3.10.